The van der Waals surface area contributed by atoms with E-state index in [0.717, 1.165) is 0 Å². The number of nitrogens with zero attached hydrogens (tertiary/aromatic N) is 2. The summed E-state index contributed by atoms with van der Waals surface area (Å²) >= 11 is 6.17. The maximum absolute atomic E-state index is 13.5. The van der Waals surface area contributed by atoms with Gasteiger partial charge in [-0.05, 0) is 76.1 Å². The van der Waals surface area contributed by atoms with Gasteiger partial charge in [-0.2, -0.15) is 5.26 Å². The number of anilines is 1. The number of hydrogen-bond acceptors (Lipinski definition) is 7. The largest absolute Gasteiger partial charge is 0.495 e. The van der Waals surface area contributed by atoms with Gasteiger partial charge in [-0.25, -0.2) is 4.79 Å². The van der Waals surface area contributed by atoms with Crippen molar-refractivity contribution < 1.29 is 24.2 Å². The van der Waals surface area contributed by atoms with Gasteiger partial charge in [-0.3, -0.25) is 14.2 Å². The SMILES string of the molecule is COc1cn(C(CCCCCO)C(=O)Nc2ccc(C(=O)OC(C)(C)C)cc2)c(=O)cc1-c1cc(Cl)ccc1C#N. The second-order valence-corrected chi connectivity index (χ2v) is 10.9. The van der Waals surface area contributed by atoms with Crippen LogP contribution in [0.25, 0.3) is 11.1 Å². The fourth-order valence-electron chi connectivity index (χ4n) is 4.26. The van der Waals surface area contributed by atoms with Gasteiger partial charge in [0.2, 0.25) is 5.91 Å². The molecule has 1 unspecified atom stereocenters. The lowest BCUT2D eigenvalue weighted by Gasteiger charge is -2.22. The predicted octanol–water partition coefficient (Wildman–Crippen LogP) is 5.74. The Balaban J connectivity index is 1.95. The first-order valence-corrected chi connectivity index (χ1v) is 13.6. The number of halogens is 1. The summed E-state index contributed by atoms with van der Waals surface area (Å²) in [5, 5.41) is 22.0. The number of unbranched alkanes of at least 4 members (excludes halogenated alkanes) is 2. The van der Waals surface area contributed by atoms with E-state index in [-0.39, 0.29) is 6.61 Å². The lowest BCUT2D eigenvalue weighted by Crippen LogP contribution is -2.33. The first-order chi connectivity index (χ1) is 19.5. The molecular formula is C31H34ClN3O6. The molecule has 0 saturated carbocycles. The molecule has 0 fully saturated rings. The molecule has 1 heterocycles. The number of methoxy groups -OCH3 is 1. The summed E-state index contributed by atoms with van der Waals surface area (Å²) in [6.45, 7) is 5.37. The van der Waals surface area contributed by atoms with Gasteiger partial charge >= 0.3 is 5.97 Å². The van der Waals surface area contributed by atoms with E-state index in [1.165, 1.54) is 23.9 Å². The van der Waals surface area contributed by atoms with E-state index < -0.39 is 29.1 Å². The van der Waals surface area contributed by atoms with Crippen LogP contribution in [-0.4, -0.2) is 40.9 Å². The zero-order valence-corrected chi connectivity index (χ0v) is 24.3. The fraction of sp³-hybridized carbons (Fsp3) is 0.355. The molecule has 2 aromatic carbocycles. The maximum atomic E-state index is 13.5. The lowest BCUT2D eigenvalue weighted by atomic mass is 10.00. The number of nitriles is 1. The topological polar surface area (TPSA) is 131 Å². The van der Waals surface area contributed by atoms with Gasteiger partial charge in [0.05, 0.1) is 30.5 Å². The number of carbonyl (C=O) groups is 2. The van der Waals surface area contributed by atoms with E-state index in [2.05, 4.69) is 11.4 Å². The summed E-state index contributed by atoms with van der Waals surface area (Å²) in [7, 11) is 1.44. The summed E-state index contributed by atoms with van der Waals surface area (Å²) in [4.78, 5) is 39.3. The van der Waals surface area contributed by atoms with Crippen molar-refractivity contribution in [2.45, 2.75) is 58.1 Å². The van der Waals surface area contributed by atoms with Gasteiger partial charge in [0, 0.05) is 34.5 Å². The molecule has 0 aliphatic rings. The van der Waals surface area contributed by atoms with Crippen LogP contribution in [0, 0.1) is 11.3 Å². The first kappa shape index (κ1) is 31.4. The van der Waals surface area contributed by atoms with E-state index in [4.69, 9.17) is 21.1 Å². The van der Waals surface area contributed by atoms with Crippen molar-refractivity contribution in [3.05, 3.63) is 81.2 Å². The van der Waals surface area contributed by atoms with Gasteiger partial charge in [-0.1, -0.05) is 24.4 Å². The van der Waals surface area contributed by atoms with Crippen LogP contribution >= 0.6 is 11.6 Å². The van der Waals surface area contributed by atoms with Crippen molar-refractivity contribution in [2.75, 3.05) is 19.0 Å². The monoisotopic (exact) mass is 579 g/mol. The molecule has 2 N–H and O–H groups in total. The van der Waals surface area contributed by atoms with Crippen LogP contribution < -0.4 is 15.6 Å². The van der Waals surface area contributed by atoms with Crippen molar-refractivity contribution in [1.82, 2.24) is 4.57 Å². The molecule has 1 atom stereocenters. The summed E-state index contributed by atoms with van der Waals surface area (Å²) in [6, 6.07) is 13.6. The fourth-order valence-corrected chi connectivity index (χ4v) is 4.43. The smallest absolute Gasteiger partial charge is 0.338 e. The number of aliphatic hydroxyl groups is 1. The lowest BCUT2D eigenvalue weighted by molar-refractivity contribution is -0.119. The third kappa shape index (κ3) is 8.43. The number of esters is 1. The van der Waals surface area contributed by atoms with E-state index in [1.807, 2.05) is 0 Å². The van der Waals surface area contributed by atoms with Gasteiger partial charge < -0.3 is 19.9 Å². The third-order valence-electron chi connectivity index (χ3n) is 6.22. The number of amides is 1. The van der Waals surface area contributed by atoms with Crippen LogP contribution in [0.5, 0.6) is 5.75 Å². The minimum absolute atomic E-state index is 0.0319. The highest BCUT2D eigenvalue weighted by Crippen LogP contribution is 2.34. The molecule has 0 aliphatic carbocycles. The van der Waals surface area contributed by atoms with E-state index >= 15 is 0 Å². The third-order valence-corrected chi connectivity index (χ3v) is 6.45. The molecule has 9 nitrogen and oxygen atoms in total. The summed E-state index contributed by atoms with van der Waals surface area (Å²) in [5.41, 5.74) is 0.815. The van der Waals surface area contributed by atoms with E-state index in [9.17, 15) is 24.8 Å². The number of nitrogens with one attached hydrogen (secondary N) is 1. The Bertz CT molecular complexity index is 1490. The number of ether oxygens (including phenoxy) is 2. The van der Waals surface area contributed by atoms with Crippen LogP contribution in [0.1, 0.15) is 68.4 Å². The molecule has 3 rings (SSSR count). The molecule has 0 bridgehead atoms. The quantitative estimate of drug-likeness (QED) is 0.219. The molecule has 41 heavy (non-hydrogen) atoms. The summed E-state index contributed by atoms with van der Waals surface area (Å²) in [6.07, 6.45) is 3.61. The maximum Gasteiger partial charge on any atom is 0.338 e. The molecule has 0 saturated heterocycles. The van der Waals surface area contributed by atoms with Gasteiger partial charge in [0.15, 0.2) is 0 Å². The minimum atomic E-state index is -0.899. The second-order valence-electron chi connectivity index (χ2n) is 10.5. The van der Waals surface area contributed by atoms with Crippen LogP contribution in [0.4, 0.5) is 5.69 Å². The zero-order chi connectivity index (χ0) is 30.2. The molecule has 1 amide bonds. The van der Waals surface area contributed by atoms with Gasteiger partial charge in [0.25, 0.3) is 5.56 Å². The average Bonchev–Trinajstić information content (AvgIpc) is 2.92. The Morgan fingerprint density at radius 3 is 2.39 bits per heavy atom. The average molecular weight is 580 g/mol. The normalized spacial score (nSPS) is 11.8. The van der Waals surface area contributed by atoms with Crippen LogP contribution in [0.15, 0.2) is 59.5 Å². The van der Waals surface area contributed by atoms with Crippen molar-refractivity contribution in [1.29, 1.82) is 5.26 Å². The van der Waals surface area contributed by atoms with Crippen molar-refractivity contribution in [3.8, 4) is 22.9 Å². The van der Waals surface area contributed by atoms with E-state index in [1.54, 1.807) is 63.2 Å². The Kier molecular flexibility index (Phi) is 10.7. The van der Waals surface area contributed by atoms with Crippen molar-refractivity contribution >= 4 is 29.2 Å². The highest BCUT2D eigenvalue weighted by atomic mass is 35.5. The van der Waals surface area contributed by atoms with Crippen molar-refractivity contribution in [3.63, 3.8) is 0 Å². The predicted molar refractivity (Wildman–Crippen MR) is 157 cm³/mol. The Morgan fingerprint density at radius 1 is 1.07 bits per heavy atom. The molecule has 1 aromatic heterocycles. The molecule has 0 radical (unpaired) electrons. The van der Waals surface area contributed by atoms with Crippen LogP contribution in [-0.2, 0) is 9.53 Å². The molecule has 10 heteroatoms. The number of aliphatic hydroxyl groups excluding tert-OH is 1. The molecule has 0 spiro atoms. The Morgan fingerprint density at radius 2 is 1.78 bits per heavy atom. The second kappa shape index (κ2) is 14.0. The Labute approximate surface area is 244 Å². The van der Waals surface area contributed by atoms with Crippen LogP contribution in [0.2, 0.25) is 5.02 Å². The first-order valence-electron chi connectivity index (χ1n) is 13.2. The highest BCUT2D eigenvalue weighted by Gasteiger charge is 2.24. The number of aromatic nitrogens is 1. The summed E-state index contributed by atoms with van der Waals surface area (Å²) < 4.78 is 12.3. The zero-order valence-electron chi connectivity index (χ0n) is 23.6. The van der Waals surface area contributed by atoms with Crippen molar-refractivity contribution in [2.24, 2.45) is 0 Å². The molecule has 216 valence electrons. The number of pyridine rings is 1. The number of benzene rings is 2. The number of rotatable bonds is 11. The molecule has 3 aromatic rings. The summed E-state index contributed by atoms with van der Waals surface area (Å²) in [5.74, 6) is -0.621. The Hall–Kier alpha value is -4.13. The van der Waals surface area contributed by atoms with E-state index in [0.29, 0.717) is 64.4 Å². The molecule has 0 aliphatic heterocycles. The van der Waals surface area contributed by atoms with Crippen LogP contribution in [0.3, 0.4) is 0 Å². The molecular weight excluding hydrogens is 546 g/mol. The van der Waals surface area contributed by atoms with Gasteiger partial charge in [0.1, 0.15) is 17.4 Å². The van der Waals surface area contributed by atoms with Gasteiger partial charge in [-0.15, -0.1) is 0 Å². The highest BCUT2D eigenvalue weighted by molar-refractivity contribution is 6.31. The standard InChI is InChI=1S/C31H34ClN3O6/c1-31(2,3)41-30(39)20-10-13-23(14-11-20)34-29(38)26(8-6-5-7-15-36)35-19-27(40-4)25(17-28(35)37)24-16-22(32)12-9-21(24)18-33/h9-14,16-17,19,26,36H,5-8,15H2,1-4H3,(H,34,38). The number of hydrogen-bond donors (Lipinski definition) is 2. The minimum Gasteiger partial charge on any atom is -0.495 e. The number of carbonyl (C=O) groups excluding carboxylic acids is 2.